The second-order valence-corrected chi connectivity index (χ2v) is 6.13. The molecule has 0 saturated heterocycles. The van der Waals surface area contributed by atoms with Crippen LogP contribution in [-0.4, -0.2) is 22.4 Å². The summed E-state index contributed by atoms with van der Waals surface area (Å²) >= 11 is 2.76. The Kier molecular flexibility index (Phi) is 3.37. The van der Waals surface area contributed by atoms with Gasteiger partial charge in [0.15, 0.2) is 5.52 Å². The van der Waals surface area contributed by atoms with E-state index >= 15 is 0 Å². The van der Waals surface area contributed by atoms with Gasteiger partial charge in [-0.1, -0.05) is 30.3 Å². The third-order valence-corrected chi connectivity index (χ3v) is 5.16. The predicted octanol–water partition coefficient (Wildman–Crippen LogP) is 1.75. The number of aromatic nitrogens is 3. The quantitative estimate of drug-likeness (QED) is 0.591. The van der Waals surface area contributed by atoms with E-state index in [9.17, 15) is 9.59 Å². The van der Waals surface area contributed by atoms with Crippen LogP contribution < -0.4 is 10.7 Å². The highest BCUT2D eigenvalue weighted by Crippen LogP contribution is 2.34. The fraction of sp³-hybridized carbons (Fsp3) is 0.0769. The van der Waals surface area contributed by atoms with Crippen LogP contribution in [0.2, 0.25) is 0 Å². The van der Waals surface area contributed by atoms with Gasteiger partial charge < -0.3 is 0 Å². The molecule has 0 aliphatic heterocycles. The Morgan fingerprint density at radius 3 is 2.80 bits per heavy atom. The second kappa shape index (κ2) is 5.18. The molecule has 3 aromatic rings. The second-order valence-electron chi connectivity index (χ2n) is 4.03. The number of thiophene rings is 1. The Labute approximate surface area is 122 Å². The molecule has 0 aliphatic carbocycles. The zero-order valence-electron chi connectivity index (χ0n) is 10.5. The van der Waals surface area contributed by atoms with Gasteiger partial charge in [-0.15, -0.1) is 33.3 Å². The number of thioether (sulfide) groups is 1. The average molecular weight is 304 g/mol. The summed E-state index contributed by atoms with van der Waals surface area (Å²) in [5.41, 5.74) is 0.806. The number of ketones is 1. The van der Waals surface area contributed by atoms with Crippen molar-refractivity contribution < 1.29 is 9.89 Å². The molecule has 2 heterocycles. The Morgan fingerprint density at radius 2 is 2.10 bits per heavy atom. The minimum absolute atomic E-state index is 0.107. The van der Waals surface area contributed by atoms with E-state index in [0.717, 1.165) is 4.21 Å². The molecule has 0 unspecified atom stereocenters. The summed E-state index contributed by atoms with van der Waals surface area (Å²) < 4.78 is 0.805. The Morgan fingerprint density at radius 1 is 1.35 bits per heavy atom. The maximum absolute atomic E-state index is 12.5. The van der Waals surface area contributed by atoms with Gasteiger partial charge in [0, 0.05) is 5.56 Å². The molecule has 0 saturated carbocycles. The SMILES string of the molecule is CSc1sc(C(=O)c2ccccc2)c2[nH+]n[nH]c(=O)c12. The van der Waals surface area contributed by atoms with Crippen LogP contribution >= 0.6 is 23.1 Å². The van der Waals surface area contributed by atoms with Gasteiger partial charge in [-0.2, -0.15) is 0 Å². The van der Waals surface area contributed by atoms with Crippen molar-refractivity contribution in [2.75, 3.05) is 6.26 Å². The van der Waals surface area contributed by atoms with Crippen molar-refractivity contribution >= 4 is 39.8 Å². The minimum Gasteiger partial charge on any atom is -0.288 e. The van der Waals surface area contributed by atoms with E-state index in [2.05, 4.69) is 15.4 Å². The van der Waals surface area contributed by atoms with Gasteiger partial charge in [0.2, 0.25) is 5.78 Å². The number of hydrogen-bond donors (Lipinski definition) is 1. The van der Waals surface area contributed by atoms with Gasteiger partial charge in [-0.3, -0.25) is 4.79 Å². The van der Waals surface area contributed by atoms with Crippen molar-refractivity contribution in [1.82, 2.24) is 10.3 Å². The first-order valence-corrected chi connectivity index (χ1v) is 7.83. The Hall–Kier alpha value is -1.99. The van der Waals surface area contributed by atoms with E-state index in [1.807, 2.05) is 24.5 Å². The smallest absolute Gasteiger partial charge is 0.288 e. The molecule has 0 spiro atoms. The van der Waals surface area contributed by atoms with Crippen molar-refractivity contribution in [3.63, 3.8) is 0 Å². The van der Waals surface area contributed by atoms with Crippen LogP contribution in [0.15, 0.2) is 39.3 Å². The van der Waals surface area contributed by atoms with Crippen LogP contribution in [0.5, 0.6) is 0 Å². The molecule has 5 nitrogen and oxygen atoms in total. The van der Waals surface area contributed by atoms with Crippen LogP contribution in [0.3, 0.4) is 0 Å². The number of nitrogens with zero attached hydrogens (tertiary/aromatic N) is 1. The topological polar surface area (TPSA) is 77.0 Å². The van der Waals surface area contributed by atoms with Crippen LogP contribution in [0, 0.1) is 0 Å². The van der Waals surface area contributed by atoms with Crippen molar-refractivity contribution in [3.05, 3.63) is 51.1 Å². The highest BCUT2D eigenvalue weighted by Gasteiger charge is 2.24. The molecule has 2 N–H and O–H groups in total. The Balaban J connectivity index is 2.25. The third kappa shape index (κ3) is 2.04. The van der Waals surface area contributed by atoms with Gasteiger partial charge in [0.1, 0.15) is 10.3 Å². The van der Waals surface area contributed by atoms with Gasteiger partial charge in [-0.05, 0) is 6.26 Å². The number of H-pyrrole nitrogens is 2. The molecule has 0 aliphatic rings. The molecule has 20 heavy (non-hydrogen) atoms. The van der Waals surface area contributed by atoms with E-state index in [1.54, 1.807) is 12.1 Å². The van der Waals surface area contributed by atoms with Crippen LogP contribution in [0.1, 0.15) is 15.2 Å². The number of carbonyl (C=O) groups is 1. The monoisotopic (exact) mass is 304 g/mol. The largest absolute Gasteiger partial charge is 0.365 e. The standard InChI is InChI=1S/C13H9N3O2S2/c1-19-13-8-9(14-16-15-12(8)18)11(20-13)10(17)7-5-3-2-4-6-7/h2-6H,1H3,(H,14,15,18)/p+1. The number of rotatable bonds is 3. The molecule has 0 atom stereocenters. The van der Waals surface area contributed by atoms with E-state index in [-0.39, 0.29) is 11.3 Å². The van der Waals surface area contributed by atoms with E-state index in [4.69, 9.17) is 0 Å². The Bertz CT molecular complexity index is 840. The van der Waals surface area contributed by atoms with E-state index < -0.39 is 0 Å². The predicted molar refractivity (Wildman–Crippen MR) is 78.5 cm³/mol. The third-order valence-electron chi connectivity index (χ3n) is 2.86. The molecule has 0 fully saturated rings. The summed E-state index contributed by atoms with van der Waals surface area (Å²) in [5.74, 6) is -0.107. The molecule has 3 rings (SSSR count). The van der Waals surface area contributed by atoms with E-state index in [1.165, 1.54) is 23.1 Å². The summed E-state index contributed by atoms with van der Waals surface area (Å²) in [7, 11) is 0. The molecule has 0 radical (unpaired) electrons. The lowest BCUT2D eigenvalue weighted by Gasteiger charge is -1.96. The van der Waals surface area contributed by atoms with Crippen molar-refractivity contribution in [2.45, 2.75) is 4.21 Å². The van der Waals surface area contributed by atoms with E-state index in [0.29, 0.717) is 21.3 Å². The lowest BCUT2D eigenvalue weighted by molar-refractivity contribution is -0.433. The normalized spacial score (nSPS) is 10.8. The van der Waals surface area contributed by atoms with Crippen molar-refractivity contribution in [3.8, 4) is 0 Å². The molecule has 7 heteroatoms. The maximum Gasteiger partial charge on any atom is 0.365 e. The molecule has 0 bridgehead atoms. The fourth-order valence-corrected chi connectivity index (χ4v) is 3.86. The molecule has 100 valence electrons. The van der Waals surface area contributed by atoms with Gasteiger partial charge in [0.05, 0.1) is 9.42 Å². The molecular weight excluding hydrogens is 294 g/mol. The number of aromatic amines is 2. The molecule has 2 aromatic heterocycles. The molecule has 1 aromatic carbocycles. The first-order valence-electron chi connectivity index (χ1n) is 5.79. The number of benzene rings is 1. The van der Waals surface area contributed by atoms with Gasteiger partial charge in [0.25, 0.3) is 0 Å². The molecular formula is C13H10N3O2S2+. The summed E-state index contributed by atoms with van der Waals surface area (Å²) in [6.45, 7) is 0. The van der Waals surface area contributed by atoms with Crippen molar-refractivity contribution in [2.24, 2.45) is 0 Å². The average Bonchev–Trinajstić information content (AvgIpc) is 2.87. The minimum atomic E-state index is -0.286. The fourth-order valence-electron chi connectivity index (χ4n) is 1.94. The highest BCUT2D eigenvalue weighted by atomic mass is 32.2. The van der Waals surface area contributed by atoms with Crippen molar-refractivity contribution in [1.29, 1.82) is 0 Å². The maximum atomic E-state index is 12.5. The number of hydrogen-bond acceptors (Lipinski definition) is 5. The highest BCUT2D eigenvalue weighted by molar-refractivity contribution is 8.00. The number of nitrogens with one attached hydrogen (secondary N) is 2. The van der Waals surface area contributed by atoms with Gasteiger partial charge >= 0.3 is 5.56 Å². The zero-order chi connectivity index (χ0) is 14.1. The van der Waals surface area contributed by atoms with Gasteiger partial charge in [-0.25, -0.2) is 4.79 Å². The van der Waals surface area contributed by atoms with Crippen LogP contribution in [0.25, 0.3) is 10.9 Å². The summed E-state index contributed by atoms with van der Waals surface area (Å²) in [6, 6.07) is 9.00. The van der Waals surface area contributed by atoms with Crippen LogP contribution in [0.4, 0.5) is 0 Å². The lowest BCUT2D eigenvalue weighted by atomic mass is 10.1. The lowest BCUT2D eigenvalue weighted by Crippen LogP contribution is -2.21. The first kappa shape index (κ1) is 13.0. The number of fused-ring (bicyclic) bond motifs is 1. The zero-order valence-corrected chi connectivity index (χ0v) is 12.1. The summed E-state index contributed by atoms with van der Waals surface area (Å²) in [6.07, 6.45) is 1.88. The van der Waals surface area contributed by atoms with Crippen LogP contribution in [-0.2, 0) is 0 Å². The summed E-state index contributed by atoms with van der Waals surface area (Å²) in [4.78, 5) is 24.9. The number of carbonyl (C=O) groups excluding carboxylic acids is 1. The first-order chi connectivity index (χ1) is 9.72. The summed E-state index contributed by atoms with van der Waals surface area (Å²) in [5, 5.41) is 9.27. The molecule has 0 amide bonds.